The van der Waals surface area contributed by atoms with Gasteiger partial charge in [0.25, 0.3) is 0 Å². The largest absolute Gasteiger partial charge is 0.314 e. The van der Waals surface area contributed by atoms with Gasteiger partial charge in [-0.2, -0.15) is 0 Å². The molecular formula is C16H25N5S. The third kappa shape index (κ3) is 3.22. The molecule has 1 atom stereocenters. The second kappa shape index (κ2) is 6.08. The van der Waals surface area contributed by atoms with Crippen molar-refractivity contribution in [3.8, 4) is 0 Å². The minimum Gasteiger partial charge on any atom is -0.314 e. The molecule has 2 aromatic rings. The van der Waals surface area contributed by atoms with E-state index >= 15 is 0 Å². The Balaban J connectivity index is 1.64. The lowest BCUT2D eigenvalue weighted by atomic mass is 9.98. The molecule has 0 aromatic carbocycles. The van der Waals surface area contributed by atoms with Gasteiger partial charge in [0.15, 0.2) is 0 Å². The van der Waals surface area contributed by atoms with Crippen molar-refractivity contribution < 1.29 is 0 Å². The lowest BCUT2D eigenvalue weighted by Crippen LogP contribution is -2.23. The molecule has 1 N–H and O–H groups in total. The number of hydrogen-bond acceptors (Lipinski definition) is 5. The van der Waals surface area contributed by atoms with Crippen LogP contribution in [0.3, 0.4) is 0 Å². The molecule has 1 aliphatic rings. The maximum Gasteiger partial charge on any atom is 0.149 e. The van der Waals surface area contributed by atoms with E-state index in [1.807, 2.05) is 0 Å². The van der Waals surface area contributed by atoms with Crippen molar-refractivity contribution in [3.05, 3.63) is 27.7 Å². The number of fused-ring (bicyclic) bond motifs is 1. The van der Waals surface area contributed by atoms with Gasteiger partial charge in [-0.3, -0.25) is 0 Å². The molecule has 2 aromatic heterocycles. The highest BCUT2D eigenvalue weighted by molar-refractivity contribution is 7.09. The smallest absolute Gasteiger partial charge is 0.149 e. The summed E-state index contributed by atoms with van der Waals surface area (Å²) in [5.74, 6) is 2.19. The molecule has 22 heavy (non-hydrogen) atoms. The Morgan fingerprint density at radius 2 is 2.14 bits per heavy atom. The molecular weight excluding hydrogens is 294 g/mol. The molecule has 3 heterocycles. The molecule has 0 spiro atoms. The van der Waals surface area contributed by atoms with Crippen molar-refractivity contribution in [1.29, 1.82) is 0 Å². The van der Waals surface area contributed by atoms with Gasteiger partial charge in [0.2, 0.25) is 0 Å². The zero-order valence-corrected chi connectivity index (χ0v) is 14.7. The first-order chi connectivity index (χ1) is 10.4. The second-order valence-corrected chi connectivity index (χ2v) is 7.94. The maximum atomic E-state index is 4.74. The number of nitrogens with one attached hydrogen (secondary N) is 1. The molecule has 120 valence electrons. The summed E-state index contributed by atoms with van der Waals surface area (Å²) in [6.45, 7) is 10.6. The first-order valence-corrected chi connectivity index (χ1v) is 8.93. The van der Waals surface area contributed by atoms with Gasteiger partial charge in [-0.25, -0.2) is 4.98 Å². The number of thiazole rings is 1. The fourth-order valence-corrected chi connectivity index (χ4v) is 3.64. The van der Waals surface area contributed by atoms with Gasteiger partial charge in [-0.15, -0.1) is 21.5 Å². The molecule has 0 unspecified atom stereocenters. The normalized spacial score (nSPS) is 16.5. The van der Waals surface area contributed by atoms with Gasteiger partial charge >= 0.3 is 0 Å². The van der Waals surface area contributed by atoms with Crippen molar-refractivity contribution in [2.75, 3.05) is 0 Å². The Morgan fingerprint density at radius 1 is 1.32 bits per heavy atom. The Hall–Kier alpha value is -1.27. The number of aryl methyl sites for hydroxylation is 1. The third-order valence-electron chi connectivity index (χ3n) is 4.06. The predicted octanol–water partition coefficient (Wildman–Crippen LogP) is 3.22. The van der Waals surface area contributed by atoms with Crippen LogP contribution in [0.15, 0.2) is 5.38 Å². The first-order valence-electron chi connectivity index (χ1n) is 8.05. The topological polar surface area (TPSA) is 55.6 Å². The van der Waals surface area contributed by atoms with Crippen LogP contribution < -0.4 is 5.32 Å². The summed E-state index contributed by atoms with van der Waals surface area (Å²) in [6.07, 6.45) is 3.51. The van der Waals surface area contributed by atoms with Crippen LogP contribution in [0.1, 0.15) is 68.9 Å². The van der Waals surface area contributed by atoms with Gasteiger partial charge in [0, 0.05) is 30.3 Å². The predicted molar refractivity (Wildman–Crippen MR) is 89.0 cm³/mol. The molecule has 3 rings (SSSR count). The summed E-state index contributed by atoms with van der Waals surface area (Å²) in [6, 6.07) is 0.194. The van der Waals surface area contributed by atoms with Gasteiger partial charge in [-0.1, -0.05) is 20.8 Å². The monoisotopic (exact) mass is 319 g/mol. The van der Waals surface area contributed by atoms with Crippen LogP contribution in [0.5, 0.6) is 0 Å². The van der Waals surface area contributed by atoms with Crippen LogP contribution in [0.4, 0.5) is 0 Å². The minimum absolute atomic E-state index is 0.126. The molecule has 6 heteroatoms. The van der Waals surface area contributed by atoms with Crippen LogP contribution in [0.25, 0.3) is 0 Å². The Bertz CT molecular complexity index is 637. The van der Waals surface area contributed by atoms with Crippen LogP contribution in [-0.4, -0.2) is 19.7 Å². The Kier molecular flexibility index (Phi) is 4.32. The summed E-state index contributed by atoms with van der Waals surface area (Å²) in [4.78, 5) is 4.74. The Labute approximate surface area is 136 Å². The van der Waals surface area contributed by atoms with Crippen molar-refractivity contribution >= 4 is 11.3 Å². The summed E-state index contributed by atoms with van der Waals surface area (Å²) < 4.78 is 2.28. The molecule has 0 amide bonds. The summed E-state index contributed by atoms with van der Waals surface area (Å²) in [5.41, 5.74) is 1.24. The first kappa shape index (κ1) is 15.6. The van der Waals surface area contributed by atoms with E-state index in [1.54, 1.807) is 11.3 Å². The van der Waals surface area contributed by atoms with Crippen molar-refractivity contribution in [1.82, 2.24) is 25.1 Å². The summed E-state index contributed by atoms with van der Waals surface area (Å²) >= 11 is 1.74. The minimum atomic E-state index is 0.126. The number of aromatic nitrogens is 4. The van der Waals surface area contributed by atoms with Crippen molar-refractivity contribution in [2.24, 2.45) is 0 Å². The molecule has 0 fully saturated rings. The summed E-state index contributed by atoms with van der Waals surface area (Å²) in [7, 11) is 0. The van der Waals surface area contributed by atoms with E-state index in [9.17, 15) is 0 Å². The molecule has 5 nitrogen and oxygen atoms in total. The highest BCUT2D eigenvalue weighted by Gasteiger charge is 2.21. The van der Waals surface area contributed by atoms with E-state index in [0.717, 1.165) is 36.9 Å². The zero-order chi connectivity index (χ0) is 15.7. The lowest BCUT2D eigenvalue weighted by Gasteiger charge is -2.18. The molecule has 0 saturated heterocycles. The van der Waals surface area contributed by atoms with E-state index in [2.05, 4.69) is 53.2 Å². The highest BCUT2D eigenvalue weighted by atomic mass is 32.1. The number of nitrogens with zero attached hydrogens (tertiary/aromatic N) is 4. The zero-order valence-electron chi connectivity index (χ0n) is 13.9. The summed E-state index contributed by atoms with van der Waals surface area (Å²) in [5, 5.41) is 15.6. The van der Waals surface area contributed by atoms with E-state index in [1.165, 1.54) is 17.8 Å². The fraction of sp³-hybridized carbons (Fsp3) is 0.688. The average Bonchev–Trinajstić information content (AvgIpc) is 3.11. The maximum absolute atomic E-state index is 4.74. The van der Waals surface area contributed by atoms with E-state index in [0.29, 0.717) is 0 Å². The molecule has 0 aliphatic carbocycles. The lowest BCUT2D eigenvalue weighted by molar-refractivity contribution is 0.463. The van der Waals surface area contributed by atoms with Crippen LogP contribution in [-0.2, 0) is 24.9 Å². The SMILES string of the molecule is C[C@H](NCc1csc(C(C)(C)C)n1)c1nnc2n1CCCC2. The van der Waals surface area contributed by atoms with E-state index in [-0.39, 0.29) is 11.5 Å². The number of hydrogen-bond donors (Lipinski definition) is 1. The van der Waals surface area contributed by atoms with Crippen LogP contribution >= 0.6 is 11.3 Å². The highest BCUT2D eigenvalue weighted by Crippen LogP contribution is 2.26. The van der Waals surface area contributed by atoms with E-state index in [4.69, 9.17) is 4.98 Å². The van der Waals surface area contributed by atoms with Gasteiger partial charge in [-0.05, 0) is 19.8 Å². The molecule has 0 bridgehead atoms. The quantitative estimate of drug-likeness (QED) is 0.940. The third-order valence-corrected chi connectivity index (χ3v) is 5.37. The standard InChI is InChI=1S/C16H25N5S/c1-11(14-20-19-13-7-5-6-8-21(13)14)17-9-12-10-22-15(18-12)16(2,3)4/h10-11,17H,5-9H2,1-4H3/t11-/m0/s1. The van der Waals surface area contributed by atoms with Gasteiger partial charge in [0.05, 0.1) is 16.7 Å². The van der Waals surface area contributed by atoms with E-state index < -0.39 is 0 Å². The second-order valence-electron chi connectivity index (χ2n) is 7.08. The molecule has 0 radical (unpaired) electrons. The number of rotatable bonds is 4. The Morgan fingerprint density at radius 3 is 2.86 bits per heavy atom. The van der Waals surface area contributed by atoms with Crippen molar-refractivity contribution in [2.45, 2.75) is 71.5 Å². The fourth-order valence-electron chi connectivity index (χ4n) is 2.73. The van der Waals surface area contributed by atoms with Gasteiger partial charge < -0.3 is 9.88 Å². The molecule has 1 aliphatic heterocycles. The van der Waals surface area contributed by atoms with Crippen molar-refractivity contribution in [3.63, 3.8) is 0 Å². The van der Waals surface area contributed by atoms with Gasteiger partial charge in [0.1, 0.15) is 11.6 Å². The average molecular weight is 319 g/mol. The van der Waals surface area contributed by atoms with Crippen LogP contribution in [0.2, 0.25) is 0 Å². The van der Waals surface area contributed by atoms with Crippen LogP contribution in [0, 0.1) is 0 Å². The molecule has 0 saturated carbocycles.